The zero-order valence-electron chi connectivity index (χ0n) is 9.13. The maximum absolute atomic E-state index is 10.2. The van der Waals surface area contributed by atoms with Crippen LogP contribution in [-0.4, -0.2) is 24.3 Å². The summed E-state index contributed by atoms with van der Waals surface area (Å²) in [7, 11) is 0. The van der Waals surface area contributed by atoms with Crippen molar-refractivity contribution in [3.8, 4) is 0 Å². The Morgan fingerprint density at radius 3 is 2.36 bits per heavy atom. The molecule has 0 bridgehead atoms. The minimum absolute atomic E-state index is 0.312. The summed E-state index contributed by atoms with van der Waals surface area (Å²) in [5.74, 6) is -0.684. The van der Waals surface area contributed by atoms with Gasteiger partial charge in [-0.15, -0.1) is 0 Å². The molecular weight excluding hydrogens is 180 g/mol. The van der Waals surface area contributed by atoms with Crippen LogP contribution in [0.15, 0.2) is 0 Å². The van der Waals surface area contributed by atoms with Gasteiger partial charge in [0.15, 0.2) is 0 Å². The molecule has 0 saturated heterocycles. The molecule has 0 saturated carbocycles. The molecule has 0 radical (unpaired) electrons. The maximum Gasteiger partial charge on any atom is 0.303 e. The summed E-state index contributed by atoms with van der Waals surface area (Å²) < 4.78 is 5.33. The number of carbonyl (C=O) groups is 1. The number of hydrogen-bond donors (Lipinski definition) is 1. The van der Waals surface area contributed by atoms with Crippen molar-refractivity contribution in [3.05, 3.63) is 0 Å². The Kier molecular flexibility index (Phi) is 10.1. The Balaban J connectivity index is 2.88. The van der Waals surface area contributed by atoms with Crippen LogP contribution in [-0.2, 0) is 9.53 Å². The highest BCUT2D eigenvalue weighted by atomic mass is 16.5. The Morgan fingerprint density at radius 1 is 1.07 bits per heavy atom. The number of carboxylic acid groups (broad SMARTS) is 1. The van der Waals surface area contributed by atoms with Gasteiger partial charge in [0, 0.05) is 19.6 Å². The third-order valence-corrected chi connectivity index (χ3v) is 2.03. The molecule has 0 heterocycles. The van der Waals surface area contributed by atoms with Gasteiger partial charge in [-0.25, -0.2) is 0 Å². The molecule has 0 unspecified atom stereocenters. The molecule has 0 rings (SSSR count). The van der Waals surface area contributed by atoms with Crippen LogP contribution in [0.25, 0.3) is 0 Å². The van der Waals surface area contributed by atoms with E-state index >= 15 is 0 Å². The summed E-state index contributed by atoms with van der Waals surface area (Å²) in [4.78, 5) is 10.2. The van der Waals surface area contributed by atoms with Crippen molar-refractivity contribution in [1.82, 2.24) is 0 Å². The first-order valence-electron chi connectivity index (χ1n) is 5.57. The van der Waals surface area contributed by atoms with E-state index in [1.807, 2.05) is 0 Å². The van der Waals surface area contributed by atoms with E-state index in [1.54, 1.807) is 0 Å². The molecule has 0 amide bonds. The van der Waals surface area contributed by atoms with Crippen molar-refractivity contribution in [2.24, 2.45) is 0 Å². The van der Waals surface area contributed by atoms with Crippen molar-refractivity contribution in [2.75, 3.05) is 13.2 Å². The van der Waals surface area contributed by atoms with Gasteiger partial charge in [0.2, 0.25) is 0 Å². The summed E-state index contributed by atoms with van der Waals surface area (Å²) >= 11 is 0. The van der Waals surface area contributed by atoms with Gasteiger partial charge >= 0.3 is 5.97 Å². The fourth-order valence-electron chi connectivity index (χ4n) is 1.26. The Bertz CT molecular complexity index is 134. The first-order chi connectivity index (χ1) is 6.77. The number of aliphatic carboxylic acids is 1. The Labute approximate surface area is 86.5 Å². The second-order valence-corrected chi connectivity index (χ2v) is 3.52. The van der Waals surface area contributed by atoms with E-state index < -0.39 is 5.97 Å². The molecule has 3 nitrogen and oxygen atoms in total. The smallest absolute Gasteiger partial charge is 0.303 e. The highest BCUT2D eigenvalue weighted by Crippen LogP contribution is 2.05. The molecule has 0 atom stereocenters. The average Bonchev–Trinajstić information content (AvgIpc) is 2.15. The summed E-state index contributed by atoms with van der Waals surface area (Å²) in [5, 5.41) is 8.39. The van der Waals surface area contributed by atoms with Crippen LogP contribution < -0.4 is 0 Å². The summed E-state index contributed by atoms with van der Waals surface area (Å²) in [6, 6.07) is 0. The molecule has 14 heavy (non-hydrogen) atoms. The van der Waals surface area contributed by atoms with Crippen LogP contribution in [0.1, 0.15) is 51.9 Å². The van der Waals surface area contributed by atoms with Crippen LogP contribution >= 0.6 is 0 Å². The molecule has 1 N–H and O–H groups in total. The lowest BCUT2D eigenvalue weighted by atomic mass is 10.1. The normalized spacial score (nSPS) is 10.4. The quantitative estimate of drug-likeness (QED) is 0.554. The Hall–Kier alpha value is -0.570. The zero-order chi connectivity index (χ0) is 10.6. The van der Waals surface area contributed by atoms with E-state index in [0.717, 1.165) is 51.7 Å². The minimum atomic E-state index is -0.684. The molecular formula is C11H22O3. The van der Waals surface area contributed by atoms with E-state index in [1.165, 1.54) is 0 Å². The molecule has 3 heteroatoms. The van der Waals surface area contributed by atoms with Crippen LogP contribution in [0.2, 0.25) is 0 Å². The van der Waals surface area contributed by atoms with Crippen LogP contribution in [0.3, 0.4) is 0 Å². The average molecular weight is 202 g/mol. The SMILES string of the molecule is CCCOCCCCCCCC(=O)O. The van der Waals surface area contributed by atoms with Gasteiger partial charge in [-0.05, 0) is 19.3 Å². The van der Waals surface area contributed by atoms with E-state index in [9.17, 15) is 4.79 Å². The third-order valence-electron chi connectivity index (χ3n) is 2.03. The number of carboxylic acids is 1. The highest BCUT2D eigenvalue weighted by molar-refractivity contribution is 5.66. The topological polar surface area (TPSA) is 46.5 Å². The summed E-state index contributed by atoms with van der Waals surface area (Å²) in [6.07, 6.45) is 6.62. The van der Waals surface area contributed by atoms with E-state index in [4.69, 9.17) is 9.84 Å². The van der Waals surface area contributed by atoms with E-state index in [-0.39, 0.29) is 0 Å². The molecule has 0 aromatic rings. The highest BCUT2D eigenvalue weighted by Gasteiger charge is 1.96. The lowest BCUT2D eigenvalue weighted by molar-refractivity contribution is -0.137. The van der Waals surface area contributed by atoms with Crippen LogP contribution in [0, 0.1) is 0 Å². The first kappa shape index (κ1) is 13.4. The van der Waals surface area contributed by atoms with Gasteiger partial charge in [-0.1, -0.05) is 26.2 Å². The third kappa shape index (κ3) is 11.4. The lowest BCUT2D eigenvalue weighted by Gasteiger charge is -2.02. The van der Waals surface area contributed by atoms with Gasteiger partial charge in [0.25, 0.3) is 0 Å². The van der Waals surface area contributed by atoms with E-state index in [0.29, 0.717) is 6.42 Å². The van der Waals surface area contributed by atoms with Crippen molar-refractivity contribution in [3.63, 3.8) is 0 Å². The van der Waals surface area contributed by atoms with E-state index in [2.05, 4.69) is 6.92 Å². The lowest BCUT2D eigenvalue weighted by Crippen LogP contribution is -1.96. The maximum atomic E-state index is 10.2. The summed E-state index contributed by atoms with van der Waals surface area (Å²) in [6.45, 7) is 3.82. The molecule has 0 aliphatic rings. The van der Waals surface area contributed by atoms with Gasteiger partial charge in [-0.3, -0.25) is 4.79 Å². The second-order valence-electron chi connectivity index (χ2n) is 3.52. The van der Waals surface area contributed by atoms with Gasteiger partial charge < -0.3 is 9.84 Å². The number of ether oxygens (including phenoxy) is 1. The minimum Gasteiger partial charge on any atom is -0.481 e. The second kappa shape index (κ2) is 10.5. The summed E-state index contributed by atoms with van der Waals surface area (Å²) in [5.41, 5.74) is 0. The molecule has 0 aliphatic carbocycles. The zero-order valence-corrected chi connectivity index (χ0v) is 9.13. The molecule has 0 aliphatic heterocycles. The number of hydrogen-bond acceptors (Lipinski definition) is 2. The monoisotopic (exact) mass is 202 g/mol. The van der Waals surface area contributed by atoms with Crippen molar-refractivity contribution >= 4 is 5.97 Å². The van der Waals surface area contributed by atoms with Gasteiger partial charge in [-0.2, -0.15) is 0 Å². The number of unbranched alkanes of at least 4 members (excludes halogenated alkanes) is 4. The van der Waals surface area contributed by atoms with Gasteiger partial charge in [0.1, 0.15) is 0 Å². The predicted molar refractivity (Wildman–Crippen MR) is 56.4 cm³/mol. The van der Waals surface area contributed by atoms with Gasteiger partial charge in [0.05, 0.1) is 0 Å². The standard InChI is InChI=1S/C11H22O3/c1-2-9-14-10-7-5-3-4-6-8-11(12)13/h2-10H2,1H3,(H,12,13). The first-order valence-corrected chi connectivity index (χ1v) is 5.57. The fraction of sp³-hybridized carbons (Fsp3) is 0.909. The molecule has 0 fully saturated rings. The van der Waals surface area contributed by atoms with Crippen molar-refractivity contribution in [1.29, 1.82) is 0 Å². The predicted octanol–water partition coefficient (Wildman–Crippen LogP) is 2.84. The molecule has 0 aromatic carbocycles. The number of rotatable bonds is 10. The molecule has 0 spiro atoms. The Morgan fingerprint density at radius 2 is 1.71 bits per heavy atom. The van der Waals surface area contributed by atoms with Crippen LogP contribution in [0.4, 0.5) is 0 Å². The molecule has 84 valence electrons. The molecule has 0 aromatic heterocycles. The van der Waals surface area contributed by atoms with Crippen LogP contribution in [0.5, 0.6) is 0 Å². The largest absolute Gasteiger partial charge is 0.481 e. The fourth-order valence-corrected chi connectivity index (χ4v) is 1.26. The van der Waals surface area contributed by atoms with Crippen molar-refractivity contribution < 1.29 is 14.6 Å². The van der Waals surface area contributed by atoms with Crippen molar-refractivity contribution in [2.45, 2.75) is 51.9 Å².